The Kier molecular flexibility index (Phi) is 7.99. The SMILES string of the molecule is CCc1c(C)nc(SC)n(CC(=O)N/N=C/C(Br)=C/c2ccccc2)c1=O. The van der Waals surface area contributed by atoms with Gasteiger partial charge in [0.2, 0.25) is 0 Å². The summed E-state index contributed by atoms with van der Waals surface area (Å²) in [7, 11) is 0. The number of rotatable bonds is 7. The molecule has 1 aromatic heterocycles. The Bertz CT molecular complexity index is 923. The third-order valence-corrected chi connectivity index (χ3v) is 4.86. The van der Waals surface area contributed by atoms with Crippen LogP contribution in [0, 0.1) is 6.92 Å². The van der Waals surface area contributed by atoms with E-state index in [0.29, 0.717) is 27.3 Å². The van der Waals surface area contributed by atoms with Gasteiger partial charge in [-0.2, -0.15) is 5.10 Å². The molecule has 0 saturated carbocycles. The van der Waals surface area contributed by atoms with E-state index in [0.717, 1.165) is 5.56 Å². The van der Waals surface area contributed by atoms with Crippen LogP contribution in [0.3, 0.4) is 0 Å². The number of carbonyl (C=O) groups excluding carboxylic acids is 1. The number of thioether (sulfide) groups is 1. The van der Waals surface area contributed by atoms with Gasteiger partial charge in [-0.05, 0) is 47.2 Å². The zero-order chi connectivity index (χ0) is 19.8. The number of halogens is 1. The molecule has 0 radical (unpaired) electrons. The highest BCUT2D eigenvalue weighted by Crippen LogP contribution is 2.13. The third-order valence-electron chi connectivity index (χ3n) is 3.75. The molecule has 0 saturated heterocycles. The molecule has 142 valence electrons. The van der Waals surface area contributed by atoms with E-state index >= 15 is 0 Å². The Hall–Kier alpha value is -2.19. The quantitative estimate of drug-likeness (QED) is 0.304. The fraction of sp³-hybridized carbons (Fsp3) is 0.263. The van der Waals surface area contributed by atoms with Crippen LogP contribution in [0.15, 0.2) is 49.9 Å². The van der Waals surface area contributed by atoms with E-state index in [2.05, 4.69) is 31.4 Å². The van der Waals surface area contributed by atoms with E-state index < -0.39 is 5.91 Å². The molecule has 0 aliphatic rings. The van der Waals surface area contributed by atoms with Gasteiger partial charge in [-0.15, -0.1) is 0 Å². The van der Waals surface area contributed by atoms with E-state index in [1.165, 1.54) is 22.5 Å². The minimum absolute atomic E-state index is 0.132. The Morgan fingerprint density at radius 1 is 1.37 bits per heavy atom. The largest absolute Gasteiger partial charge is 0.278 e. The standard InChI is InChI=1S/C19H21BrN4O2S/c1-4-16-13(2)22-19(27-3)24(18(16)26)12-17(25)23-21-11-15(20)10-14-8-6-5-7-9-14/h5-11H,4,12H2,1-3H3,(H,23,25)/b15-10-,21-11+. The normalized spacial score (nSPS) is 11.8. The molecule has 1 amide bonds. The second-order valence-electron chi connectivity index (χ2n) is 5.64. The molecule has 0 unspecified atom stereocenters. The molecular formula is C19H21BrN4O2S. The third kappa shape index (κ3) is 5.90. The number of hydrogen-bond donors (Lipinski definition) is 1. The Balaban J connectivity index is 2.08. The predicted octanol–water partition coefficient (Wildman–Crippen LogP) is 3.37. The van der Waals surface area contributed by atoms with Gasteiger partial charge in [0.25, 0.3) is 11.5 Å². The topological polar surface area (TPSA) is 76.3 Å². The Labute approximate surface area is 170 Å². The molecule has 0 bridgehead atoms. The monoisotopic (exact) mass is 448 g/mol. The summed E-state index contributed by atoms with van der Waals surface area (Å²) in [6.45, 7) is 3.58. The molecule has 1 N–H and O–H groups in total. The van der Waals surface area contributed by atoms with Gasteiger partial charge in [0, 0.05) is 15.7 Å². The maximum absolute atomic E-state index is 12.6. The zero-order valence-electron chi connectivity index (χ0n) is 15.4. The van der Waals surface area contributed by atoms with Crippen LogP contribution in [0.5, 0.6) is 0 Å². The number of nitrogens with zero attached hydrogens (tertiary/aromatic N) is 3. The number of allylic oxidation sites excluding steroid dienone is 1. The highest BCUT2D eigenvalue weighted by atomic mass is 79.9. The van der Waals surface area contributed by atoms with E-state index in [9.17, 15) is 9.59 Å². The fourth-order valence-corrected chi connectivity index (χ4v) is 3.43. The number of nitrogens with one attached hydrogen (secondary N) is 1. The average Bonchev–Trinajstić information content (AvgIpc) is 2.65. The van der Waals surface area contributed by atoms with E-state index in [1.807, 2.05) is 56.5 Å². The van der Waals surface area contributed by atoms with Crippen LogP contribution in [0.25, 0.3) is 6.08 Å². The molecule has 27 heavy (non-hydrogen) atoms. The molecule has 2 aromatic rings. The lowest BCUT2D eigenvalue weighted by Crippen LogP contribution is -2.33. The van der Waals surface area contributed by atoms with E-state index in [4.69, 9.17) is 0 Å². The van der Waals surface area contributed by atoms with Crippen LogP contribution in [-0.2, 0) is 17.8 Å². The van der Waals surface area contributed by atoms with Crippen LogP contribution in [0.4, 0.5) is 0 Å². The van der Waals surface area contributed by atoms with Gasteiger partial charge in [0.1, 0.15) is 6.54 Å². The van der Waals surface area contributed by atoms with Gasteiger partial charge in [-0.25, -0.2) is 10.4 Å². The van der Waals surface area contributed by atoms with Crippen molar-refractivity contribution in [1.29, 1.82) is 0 Å². The lowest BCUT2D eigenvalue weighted by molar-refractivity contribution is -0.121. The molecule has 0 aliphatic carbocycles. The fourth-order valence-electron chi connectivity index (χ4n) is 2.47. The maximum atomic E-state index is 12.6. The van der Waals surface area contributed by atoms with Gasteiger partial charge in [-0.1, -0.05) is 49.0 Å². The first-order valence-electron chi connectivity index (χ1n) is 8.34. The lowest BCUT2D eigenvalue weighted by Gasteiger charge is -2.12. The highest BCUT2D eigenvalue weighted by Gasteiger charge is 2.14. The van der Waals surface area contributed by atoms with Crippen LogP contribution >= 0.6 is 27.7 Å². The van der Waals surface area contributed by atoms with Crippen molar-refractivity contribution in [3.63, 3.8) is 0 Å². The number of aryl methyl sites for hydroxylation is 1. The minimum atomic E-state index is -0.392. The number of benzene rings is 1. The van der Waals surface area contributed by atoms with Gasteiger partial charge in [0.05, 0.1) is 6.21 Å². The van der Waals surface area contributed by atoms with Crippen LogP contribution in [0.1, 0.15) is 23.7 Å². The molecular weight excluding hydrogens is 428 g/mol. The summed E-state index contributed by atoms with van der Waals surface area (Å²) in [6.07, 6.45) is 5.77. The molecule has 0 atom stereocenters. The Morgan fingerprint density at radius 2 is 2.07 bits per heavy atom. The molecule has 0 aliphatic heterocycles. The highest BCUT2D eigenvalue weighted by molar-refractivity contribution is 9.12. The number of hydrazone groups is 1. The van der Waals surface area contributed by atoms with Crippen molar-refractivity contribution in [3.8, 4) is 0 Å². The summed E-state index contributed by atoms with van der Waals surface area (Å²) in [5.41, 5.74) is 4.60. The summed E-state index contributed by atoms with van der Waals surface area (Å²) < 4.78 is 2.09. The lowest BCUT2D eigenvalue weighted by atomic mass is 10.2. The van der Waals surface area contributed by atoms with Crippen LogP contribution in [-0.4, -0.2) is 27.9 Å². The Morgan fingerprint density at radius 3 is 2.70 bits per heavy atom. The van der Waals surface area contributed by atoms with Crippen molar-refractivity contribution in [2.24, 2.45) is 5.10 Å². The van der Waals surface area contributed by atoms with Crippen molar-refractivity contribution < 1.29 is 4.79 Å². The summed E-state index contributed by atoms with van der Waals surface area (Å²) in [4.78, 5) is 29.2. The predicted molar refractivity (Wildman–Crippen MR) is 114 cm³/mol. The molecule has 6 nitrogen and oxygen atoms in total. The first-order chi connectivity index (χ1) is 13.0. The van der Waals surface area contributed by atoms with Crippen LogP contribution in [0.2, 0.25) is 0 Å². The van der Waals surface area contributed by atoms with E-state index in [-0.39, 0.29) is 12.1 Å². The van der Waals surface area contributed by atoms with E-state index in [1.54, 1.807) is 0 Å². The minimum Gasteiger partial charge on any atom is -0.278 e. The van der Waals surface area contributed by atoms with Gasteiger partial charge >= 0.3 is 0 Å². The number of hydrogen-bond acceptors (Lipinski definition) is 5. The van der Waals surface area contributed by atoms with Crippen molar-refractivity contribution in [1.82, 2.24) is 15.0 Å². The molecule has 8 heteroatoms. The molecule has 0 spiro atoms. The van der Waals surface area contributed by atoms with Crippen molar-refractivity contribution in [2.45, 2.75) is 32.0 Å². The molecule has 2 rings (SSSR count). The van der Waals surface area contributed by atoms with Gasteiger partial charge in [-0.3, -0.25) is 14.2 Å². The molecule has 1 aromatic carbocycles. The molecule has 0 fully saturated rings. The van der Waals surface area contributed by atoms with Crippen molar-refractivity contribution >= 4 is 45.9 Å². The zero-order valence-corrected chi connectivity index (χ0v) is 17.8. The summed E-state index contributed by atoms with van der Waals surface area (Å²) in [5, 5.41) is 4.44. The first-order valence-corrected chi connectivity index (χ1v) is 10.4. The second kappa shape index (κ2) is 10.2. The van der Waals surface area contributed by atoms with Crippen molar-refractivity contribution in [2.75, 3.05) is 6.26 Å². The number of aromatic nitrogens is 2. The summed E-state index contributed by atoms with van der Waals surface area (Å²) in [6, 6.07) is 9.73. The van der Waals surface area contributed by atoms with Gasteiger partial charge < -0.3 is 0 Å². The second-order valence-corrected chi connectivity index (χ2v) is 7.33. The van der Waals surface area contributed by atoms with Gasteiger partial charge in [0.15, 0.2) is 5.16 Å². The summed E-state index contributed by atoms with van der Waals surface area (Å²) >= 11 is 4.72. The maximum Gasteiger partial charge on any atom is 0.260 e. The number of amides is 1. The average molecular weight is 449 g/mol. The smallest absolute Gasteiger partial charge is 0.260 e. The first kappa shape index (κ1) is 21.1. The molecule has 1 heterocycles. The number of carbonyl (C=O) groups is 1. The summed E-state index contributed by atoms with van der Waals surface area (Å²) in [5.74, 6) is -0.392. The van der Waals surface area contributed by atoms with Crippen molar-refractivity contribution in [3.05, 3.63) is 62.0 Å². The van der Waals surface area contributed by atoms with Crippen LogP contribution < -0.4 is 11.0 Å².